The van der Waals surface area contributed by atoms with Crippen LogP contribution in [0.4, 0.5) is 0 Å². The number of rotatable bonds is 5. The van der Waals surface area contributed by atoms with Crippen molar-refractivity contribution in [2.45, 2.75) is 12.8 Å². The van der Waals surface area contributed by atoms with Crippen LogP contribution in [-0.2, 0) is 4.79 Å². The third-order valence-electron chi connectivity index (χ3n) is 5.15. The van der Waals surface area contributed by atoms with E-state index in [1.54, 1.807) is 0 Å². The summed E-state index contributed by atoms with van der Waals surface area (Å²) in [4.78, 5) is 14.6. The lowest BCUT2D eigenvalue weighted by atomic mass is 10.4. The molecule has 0 atom stereocenters. The average Bonchev–Trinajstić information content (AvgIpc) is 3.12. The summed E-state index contributed by atoms with van der Waals surface area (Å²) in [5.41, 5.74) is 0. The number of hydrogen-bond donors (Lipinski definition) is 0. The Morgan fingerprint density at radius 3 is 1.46 bits per heavy atom. The number of likely N-dealkylation sites (tertiary alicyclic amines) is 1. The quantitative estimate of drug-likeness (QED) is 0.637. The summed E-state index contributed by atoms with van der Waals surface area (Å²) in [7, 11) is -1.93. The van der Waals surface area contributed by atoms with Crippen molar-refractivity contribution >= 4 is 29.1 Å². The first kappa shape index (κ1) is 17.0. The van der Waals surface area contributed by atoms with Crippen LogP contribution in [0.15, 0.2) is 91.0 Å². The van der Waals surface area contributed by atoms with Crippen LogP contribution in [0.5, 0.6) is 0 Å². The molecule has 1 aliphatic heterocycles. The number of hydrogen-bond acceptors (Lipinski definition) is 1. The maximum absolute atomic E-state index is 12.5. The number of carbonyl (C=O) groups excluding carboxylic acids is 1. The highest BCUT2D eigenvalue weighted by molar-refractivity contribution is 7.95. The fourth-order valence-corrected chi connectivity index (χ4v) is 8.09. The highest BCUT2D eigenvalue weighted by atomic mass is 31.2. The lowest BCUT2D eigenvalue weighted by molar-refractivity contribution is -0.126. The van der Waals surface area contributed by atoms with Gasteiger partial charge in [0, 0.05) is 13.0 Å². The molecule has 0 spiro atoms. The molecule has 3 aromatic carbocycles. The van der Waals surface area contributed by atoms with Crippen molar-refractivity contribution in [2.75, 3.05) is 12.8 Å². The fraction of sp³-hybridized carbons (Fsp3) is 0.174. The zero-order valence-corrected chi connectivity index (χ0v) is 15.7. The molecule has 3 heteroatoms. The van der Waals surface area contributed by atoms with Gasteiger partial charge in [0.05, 0.1) is 0 Å². The van der Waals surface area contributed by atoms with Crippen LogP contribution < -0.4 is 15.9 Å². The molecule has 130 valence electrons. The standard InChI is InChI=1S/C23H23NOP/c25-23-17-10-18-24(23)19-26(20-11-4-1-5-12-20,21-13-6-2-7-14-21)22-15-8-3-9-16-22/h1-9,11-16H,10,17-19H2/q+1. The Hall–Kier alpha value is -2.44. The molecule has 0 unspecified atom stereocenters. The molecule has 0 bridgehead atoms. The minimum atomic E-state index is -1.93. The Kier molecular flexibility index (Phi) is 4.86. The van der Waals surface area contributed by atoms with Gasteiger partial charge in [0.1, 0.15) is 29.5 Å². The number of benzene rings is 3. The first-order valence-corrected chi connectivity index (χ1v) is 11.1. The Balaban J connectivity index is 1.95. The Bertz CT molecular complexity index is 768. The zero-order chi connectivity index (χ0) is 17.8. The van der Waals surface area contributed by atoms with Gasteiger partial charge < -0.3 is 4.90 Å². The molecule has 0 N–H and O–H groups in total. The number of carbonyl (C=O) groups is 1. The molecule has 4 rings (SSSR count). The van der Waals surface area contributed by atoms with E-state index in [-0.39, 0.29) is 5.91 Å². The molecule has 26 heavy (non-hydrogen) atoms. The van der Waals surface area contributed by atoms with Crippen LogP contribution in [0.2, 0.25) is 0 Å². The van der Waals surface area contributed by atoms with Gasteiger partial charge in [0.2, 0.25) is 5.91 Å². The Labute approximate surface area is 155 Å². The van der Waals surface area contributed by atoms with E-state index in [1.165, 1.54) is 15.9 Å². The molecule has 0 radical (unpaired) electrons. The lowest BCUT2D eigenvalue weighted by Crippen LogP contribution is -2.40. The van der Waals surface area contributed by atoms with Crippen LogP contribution >= 0.6 is 7.26 Å². The van der Waals surface area contributed by atoms with Crippen molar-refractivity contribution in [3.63, 3.8) is 0 Å². The molecule has 3 aromatic rings. The van der Waals surface area contributed by atoms with Crippen LogP contribution in [0, 0.1) is 0 Å². The van der Waals surface area contributed by atoms with Gasteiger partial charge >= 0.3 is 0 Å². The van der Waals surface area contributed by atoms with Crippen molar-refractivity contribution in [1.29, 1.82) is 0 Å². The summed E-state index contributed by atoms with van der Waals surface area (Å²) in [6.07, 6.45) is 2.43. The second-order valence-electron chi connectivity index (χ2n) is 6.72. The molecule has 0 aliphatic carbocycles. The van der Waals surface area contributed by atoms with E-state index in [2.05, 4.69) is 95.9 Å². The molecule has 1 saturated heterocycles. The minimum Gasteiger partial charge on any atom is -0.309 e. The highest BCUT2D eigenvalue weighted by Crippen LogP contribution is 2.56. The second kappa shape index (κ2) is 7.43. The molecule has 0 aromatic heterocycles. The molecule has 1 aliphatic rings. The van der Waals surface area contributed by atoms with E-state index in [4.69, 9.17) is 0 Å². The van der Waals surface area contributed by atoms with Crippen LogP contribution in [0.25, 0.3) is 0 Å². The Morgan fingerprint density at radius 2 is 1.12 bits per heavy atom. The number of nitrogens with zero attached hydrogens (tertiary/aromatic N) is 1. The second-order valence-corrected chi connectivity index (χ2v) is 10.2. The molecular formula is C23H23NOP+. The van der Waals surface area contributed by atoms with E-state index in [0.717, 1.165) is 19.3 Å². The van der Waals surface area contributed by atoms with Crippen molar-refractivity contribution in [3.8, 4) is 0 Å². The molecule has 1 amide bonds. The van der Waals surface area contributed by atoms with Gasteiger partial charge in [-0.3, -0.25) is 4.79 Å². The van der Waals surface area contributed by atoms with Gasteiger partial charge in [0.15, 0.2) is 0 Å². The lowest BCUT2D eigenvalue weighted by Gasteiger charge is -2.31. The van der Waals surface area contributed by atoms with Crippen LogP contribution in [-0.4, -0.2) is 23.6 Å². The third kappa shape index (κ3) is 3.06. The van der Waals surface area contributed by atoms with Gasteiger partial charge in [-0.2, -0.15) is 0 Å². The van der Waals surface area contributed by atoms with Gasteiger partial charge in [0.25, 0.3) is 0 Å². The summed E-state index contributed by atoms with van der Waals surface area (Å²) in [5.74, 6) is 0.289. The van der Waals surface area contributed by atoms with E-state index in [9.17, 15) is 4.79 Å². The van der Waals surface area contributed by atoms with Crippen molar-refractivity contribution in [3.05, 3.63) is 91.0 Å². The van der Waals surface area contributed by atoms with Crippen molar-refractivity contribution < 1.29 is 4.79 Å². The fourth-order valence-electron chi connectivity index (χ4n) is 3.85. The summed E-state index contributed by atoms with van der Waals surface area (Å²) >= 11 is 0. The van der Waals surface area contributed by atoms with Gasteiger partial charge in [-0.15, -0.1) is 0 Å². The van der Waals surface area contributed by atoms with Crippen LogP contribution in [0.3, 0.4) is 0 Å². The zero-order valence-electron chi connectivity index (χ0n) is 14.8. The molecule has 1 heterocycles. The monoisotopic (exact) mass is 360 g/mol. The number of amides is 1. The highest BCUT2D eigenvalue weighted by Gasteiger charge is 2.48. The molecule has 2 nitrogen and oxygen atoms in total. The van der Waals surface area contributed by atoms with Gasteiger partial charge in [-0.25, -0.2) is 0 Å². The normalized spacial score (nSPS) is 14.6. The topological polar surface area (TPSA) is 20.3 Å². The van der Waals surface area contributed by atoms with Gasteiger partial charge in [-0.05, 0) is 42.8 Å². The molecular weight excluding hydrogens is 337 g/mol. The largest absolute Gasteiger partial charge is 0.309 e. The van der Waals surface area contributed by atoms with E-state index in [0.29, 0.717) is 6.42 Å². The summed E-state index contributed by atoms with van der Waals surface area (Å²) < 4.78 is 0. The minimum absolute atomic E-state index is 0.289. The predicted molar refractivity (Wildman–Crippen MR) is 111 cm³/mol. The Morgan fingerprint density at radius 1 is 0.692 bits per heavy atom. The van der Waals surface area contributed by atoms with Crippen molar-refractivity contribution in [1.82, 2.24) is 4.90 Å². The maximum atomic E-state index is 12.5. The van der Waals surface area contributed by atoms with E-state index >= 15 is 0 Å². The van der Waals surface area contributed by atoms with Crippen molar-refractivity contribution in [2.24, 2.45) is 0 Å². The first-order valence-electron chi connectivity index (χ1n) is 9.13. The average molecular weight is 360 g/mol. The third-order valence-corrected chi connectivity index (χ3v) is 9.45. The predicted octanol–water partition coefficient (Wildman–Crippen LogP) is 3.56. The SMILES string of the molecule is O=C1CCCN1C[P+](c1ccccc1)(c1ccccc1)c1ccccc1. The maximum Gasteiger partial charge on any atom is 0.225 e. The summed E-state index contributed by atoms with van der Waals surface area (Å²) in [6.45, 7) is 0.868. The van der Waals surface area contributed by atoms with Gasteiger partial charge in [-0.1, -0.05) is 54.6 Å². The summed E-state index contributed by atoms with van der Waals surface area (Å²) in [6, 6.07) is 32.3. The van der Waals surface area contributed by atoms with E-state index < -0.39 is 7.26 Å². The molecule has 1 fully saturated rings. The van der Waals surface area contributed by atoms with Crippen LogP contribution in [0.1, 0.15) is 12.8 Å². The summed E-state index contributed by atoms with van der Waals surface area (Å²) in [5, 5.41) is 3.99. The van der Waals surface area contributed by atoms with E-state index in [1.807, 2.05) is 0 Å². The first-order chi connectivity index (χ1) is 12.8. The smallest absolute Gasteiger partial charge is 0.225 e. The molecule has 0 saturated carbocycles.